The second-order valence-corrected chi connectivity index (χ2v) is 8.63. The maximum Gasteiger partial charge on any atom is 0.243 e. The van der Waals surface area contributed by atoms with Gasteiger partial charge >= 0.3 is 0 Å². The molecule has 0 aromatic heterocycles. The number of carbonyl (C=O) groups is 1. The average molecular weight is 389 g/mol. The van der Waals surface area contributed by atoms with E-state index < -0.39 is 5.54 Å². The monoisotopic (exact) mass is 388 g/mol. The summed E-state index contributed by atoms with van der Waals surface area (Å²) in [5.41, 5.74) is 0.606. The Morgan fingerprint density at radius 2 is 1.86 bits per heavy atom. The van der Waals surface area contributed by atoms with Gasteiger partial charge in [0.25, 0.3) is 0 Å². The minimum atomic E-state index is -0.399. The molecule has 154 valence electrons. The van der Waals surface area contributed by atoms with Gasteiger partial charge in [0.1, 0.15) is 5.54 Å². The SMILES string of the molecule is COc1ccc(CN2CCCC23CCCN(C2CCC(O)CC2)C3=O)cc1O. The van der Waals surface area contributed by atoms with Crippen molar-refractivity contribution in [1.82, 2.24) is 9.80 Å². The molecule has 28 heavy (non-hydrogen) atoms. The lowest BCUT2D eigenvalue weighted by atomic mass is 9.82. The first kappa shape index (κ1) is 19.5. The van der Waals surface area contributed by atoms with E-state index in [-0.39, 0.29) is 23.8 Å². The third kappa shape index (κ3) is 3.48. The first-order chi connectivity index (χ1) is 13.5. The average Bonchev–Trinajstić information content (AvgIpc) is 3.08. The van der Waals surface area contributed by atoms with Gasteiger partial charge < -0.3 is 19.8 Å². The second-order valence-electron chi connectivity index (χ2n) is 8.63. The molecule has 1 atom stereocenters. The van der Waals surface area contributed by atoms with Gasteiger partial charge in [-0.25, -0.2) is 0 Å². The predicted octanol–water partition coefficient (Wildman–Crippen LogP) is 2.66. The Morgan fingerprint density at radius 1 is 1.14 bits per heavy atom. The highest BCUT2D eigenvalue weighted by Crippen LogP contribution is 2.41. The fraction of sp³-hybridized carbons (Fsp3) is 0.682. The van der Waals surface area contributed by atoms with Gasteiger partial charge in [-0.3, -0.25) is 9.69 Å². The van der Waals surface area contributed by atoms with Gasteiger partial charge in [0.05, 0.1) is 13.2 Å². The number of benzene rings is 1. The van der Waals surface area contributed by atoms with Crippen LogP contribution in [0.3, 0.4) is 0 Å². The standard InChI is InChI=1S/C22H32N2O4/c1-28-20-9-4-16(14-19(20)26)15-23-12-2-10-22(23)11-3-13-24(21(22)27)17-5-7-18(25)8-6-17/h4,9,14,17-18,25-26H,2-3,5-8,10-13,15H2,1H3. The summed E-state index contributed by atoms with van der Waals surface area (Å²) in [6.07, 6.45) is 7.13. The van der Waals surface area contributed by atoms with E-state index in [1.807, 2.05) is 6.07 Å². The van der Waals surface area contributed by atoms with Crippen LogP contribution in [0.5, 0.6) is 11.5 Å². The van der Waals surface area contributed by atoms with E-state index in [2.05, 4.69) is 9.80 Å². The van der Waals surface area contributed by atoms with Gasteiger partial charge in [-0.05, 0) is 75.6 Å². The molecule has 0 bridgehead atoms. The third-order valence-corrected chi connectivity index (χ3v) is 7.00. The van der Waals surface area contributed by atoms with Gasteiger partial charge in [0.2, 0.25) is 5.91 Å². The number of aromatic hydroxyl groups is 1. The van der Waals surface area contributed by atoms with Crippen LogP contribution in [-0.4, -0.2) is 63.8 Å². The predicted molar refractivity (Wildman–Crippen MR) is 106 cm³/mol. The van der Waals surface area contributed by atoms with E-state index in [0.29, 0.717) is 12.3 Å². The number of phenols is 1. The number of likely N-dealkylation sites (tertiary alicyclic amines) is 2. The highest BCUT2D eigenvalue weighted by molar-refractivity contribution is 5.88. The zero-order valence-electron chi connectivity index (χ0n) is 16.8. The Balaban J connectivity index is 1.52. The summed E-state index contributed by atoms with van der Waals surface area (Å²) >= 11 is 0. The van der Waals surface area contributed by atoms with Crippen molar-refractivity contribution < 1.29 is 19.7 Å². The number of aliphatic hydroxyl groups excluding tert-OH is 1. The Hall–Kier alpha value is -1.79. The smallest absolute Gasteiger partial charge is 0.243 e. The van der Waals surface area contributed by atoms with Crippen molar-refractivity contribution >= 4 is 5.91 Å². The van der Waals surface area contributed by atoms with Gasteiger partial charge in [0.15, 0.2) is 11.5 Å². The maximum atomic E-state index is 13.7. The molecule has 4 rings (SSSR count). The number of amides is 1. The van der Waals surface area contributed by atoms with Crippen molar-refractivity contribution in [3.05, 3.63) is 23.8 Å². The number of hydrogen-bond acceptors (Lipinski definition) is 5. The quantitative estimate of drug-likeness (QED) is 0.830. The van der Waals surface area contributed by atoms with Gasteiger partial charge in [-0.15, -0.1) is 0 Å². The van der Waals surface area contributed by atoms with Crippen LogP contribution in [0.4, 0.5) is 0 Å². The molecule has 1 saturated carbocycles. The minimum absolute atomic E-state index is 0.144. The van der Waals surface area contributed by atoms with E-state index >= 15 is 0 Å². The molecule has 1 unspecified atom stereocenters. The Morgan fingerprint density at radius 3 is 2.54 bits per heavy atom. The molecule has 3 fully saturated rings. The molecule has 2 N–H and O–H groups in total. The largest absolute Gasteiger partial charge is 0.504 e. The summed E-state index contributed by atoms with van der Waals surface area (Å²) in [4.78, 5) is 18.1. The number of carbonyl (C=O) groups excluding carboxylic acids is 1. The van der Waals surface area contributed by atoms with Crippen LogP contribution in [0, 0.1) is 0 Å². The molecule has 1 spiro atoms. The van der Waals surface area contributed by atoms with Gasteiger partial charge in [0, 0.05) is 19.1 Å². The molecule has 2 heterocycles. The number of hydrogen-bond donors (Lipinski definition) is 2. The summed E-state index contributed by atoms with van der Waals surface area (Å²) in [5.74, 6) is 0.903. The zero-order valence-corrected chi connectivity index (χ0v) is 16.8. The molecule has 6 heteroatoms. The lowest BCUT2D eigenvalue weighted by Gasteiger charge is -2.48. The molecule has 1 aromatic carbocycles. The number of nitrogens with zero attached hydrogens (tertiary/aromatic N) is 2. The normalized spacial score (nSPS) is 31.5. The Bertz CT molecular complexity index is 716. The summed E-state index contributed by atoms with van der Waals surface area (Å²) in [6, 6.07) is 5.78. The number of aliphatic hydroxyl groups is 1. The first-order valence-electron chi connectivity index (χ1n) is 10.6. The Labute approximate surface area is 167 Å². The van der Waals surface area contributed by atoms with Crippen molar-refractivity contribution in [2.24, 2.45) is 0 Å². The van der Waals surface area contributed by atoms with Crippen molar-refractivity contribution in [2.75, 3.05) is 20.2 Å². The number of ether oxygens (including phenoxy) is 1. The Kier molecular flexibility index (Phi) is 5.52. The molecular formula is C22H32N2O4. The molecule has 1 aliphatic carbocycles. The van der Waals surface area contributed by atoms with Crippen LogP contribution in [0.2, 0.25) is 0 Å². The fourth-order valence-corrected chi connectivity index (χ4v) is 5.48. The lowest BCUT2D eigenvalue weighted by Crippen LogP contribution is -2.62. The zero-order chi connectivity index (χ0) is 19.7. The summed E-state index contributed by atoms with van der Waals surface area (Å²) in [7, 11) is 1.55. The van der Waals surface area contributed by atoms with Gasteiger partial charge in [-0.1, -0.05) is 6.07 Å². The molecule has 2 aliphatic heterocycles. The number of rotatable bonds is 4. The summed E-state index contributed by atoms with van der Waals surface area (Å²) in [6.45, 7) is 2.43. The number of methoxy groups -OCH3 is 1. The number of phenolic OH excluding ortho intramolecular Hbond substituents is 1. The lowest BCUT2D eigenvalue weighted by molar-refractivity contribution is -0.152. The van der Waals surface area contributed by atoms with E-state index in [0.717, 1.165) is 70.0 Å². The van der Waals surface area contributed by atoms with Crippen molar-refractivity contribution in [3.8, 4) is 11.5 Å². The number of piperidine rings is 1. The van der Waals surface area contributed by atoms with Crippen LogP contribution in [-0.2, 0) is 11.3 Å². The van der Waals surface area contributed by atoms with Crippen LogP contribution < -0.4 is 4.74 Å². The van der Waals surface area contributed by atoms with E-state index in [1.54, 1.807) is 19.2 Å². The molecular weight excluding hydrogens is 356 g/mol. The third-order valence-electron chi connectivity index (χ3n) is 7.00. The van der Waals surface area contributed by atoms with E-state index in [4.69, 9.17) is 4.74 Å². The summed E-state index contributed by atoms with van der Waals surface area (Å²) < 4.78 is 5.14. The van der Waals surface area contributed by atoms with Crippen LogP contribution in [0.25, 0.3) is 0 Å². The summed E-state index contributed by atoms with van der Waals surface area (Å²) in [5, 5.41) is 19.9. The maximum absolute atomic E-state index is 13.7. The second kappa shape index (κ2) is 7.91. The molecule has 1 amide bonds. The highest BCUT2D eigenvalue weighted by Gasteiger charge is 2.51. The molecule has 3 aliphatic rings. The van der Waals surface area contributed by atoms with Crippen LogP contribution >= 0.6 is 0 Å². The minimum Gasteiger partial charge on any atom is -0.504 e. The molecule has 1 aromatic rings. The van der Waals surface area contributed by atoms with Crippen molar-refractivity contribution in [1.29, 1.82) is 0 Å². The molecule has 0 radical (unpaired) electrons. The first-order valence-corrected chi connectivity index (χ1v) is 10.6. The molecule has 2 saturated heterocycles. The van der Waals surface area contributed by atoms with Crippen LogP contribution in [0.15, 0.2) is 18.2 Å². The molecule has 6 nitrogen and oxygen atoms in total. The van der Waals surface area contributed by atoms with Crippen molar-refractivity contribution in [2.45, 2.75) is 75.6 Å². The topological polar surface area (TPSA) is 73.2 Å². The van der Waals surface area contributed by atoms with E-state index in [1.165, 1.54) is 0 Å². The van der Waals surface area contributed by atoms with Crippen molar-refractivity contribution in [3.63, 3.8) is 0 Å². The fourth-order valence-electron chi connectivity index (χ4n) is 5.48. The van der Waals surface area contributed by atoms with Crippen LogP contribution in [0.1, 0.15) is 56.9 Å². The van der Waals surface area contributed by atoms with E-state index in [9.17, 15) is 15.0 Å². The highest BCUT2D eigenvalue weighted by atomic mass is 16.5. The van der Waals surface area contributed by atoms with Gasteiger partial charge in [-0.2, -0.15) is 0 Å².